The number of likely N-dealkylation sites (tertiary alicyclic amines) is 1. The molecule has 0 spiro atoms. The van der Waals surface area contributed by atoms with Crippen molar-refractivity contribution in [3.8, 4) is 0 Å². The second-order valence-corrected chi connectivity index (χ2v) is 5.65. The summed E-state index contributed by atoms with van der Waals surface area (Å²) >= 11 is 0. The number of carbonyl (C=O) groups excluding carboxylic acids is 2. The maximum atomic E-state index is 11.9. The normalized spacial score (nSPS) is 23.9. The summed E-state index contributed by atoms with van der Waals surface area (Å²) in [5, 5.41) is 6.42. The number of piperidine rings is 1. The van der Waals surface area contributed by atoms with Crippen molar-refractivity contribution in [3.05, 3.63) is 0 Å². The number of nitrogens with zero attached hydrogens (tertiary/aromatic N) is 1. The Bertz CT molecular complexity index is 335. The van der Waals surface area contributed by atoms with Crippen LogP contribution in [0, 0.1) is 0 Å². The van der Waals surface area contributed by atoms with Gasteiger partial charge in [0, 0.05) is 38.7 Å². The highest BCUT2D eigenvalue weighted by Gasteiger charge is 2.25. The molecule has 1 unspecified atom stereocenters. The smallest absolute Gasteiger partial charge is 0.248 e. The topological polar surface area (TPSA) is 70.7 Å². The maximum Gasteiger partial charge on any atom is 0.248 e. The van der Waals surface area contributed by atoms with Crippen LogP contribution in [0.15, 0.2) is 0 Å². The van der Waals surface area contributed by atoms with Crippen LogP contribution < -0.4 is 10.6 Å². The molecule has 2 fully saturated rings. The van der Waals surface area contributed by atoms with Gasteiger partial charge in [-0.1, -0.05) is 0 Å². The summed E-state index contributed by atoms with van der Waals surface area (Å²) in [6.45, 7) is 2.58. The van der Waals surface area contributed by atoms with E-state index in [0.717, 1.165) is 32.2 Å². The molecule has 2 saturated heterocycles. The second-order valence-electron chi connectivity index (χ2n) is 5.65. The Balaban J connectivity index is 1.65. The lowest BCUT2D eigenvalue weighted by Crippen LogP contribution is -2.48. The zero-order chi connectivity index (χ0) is 14.4. The molecule has 2 aliphatic rings. The van der Waals surface area contributed by atoms with Crippen LogP contribution in [0.5, 0.6) is 0 Å². The Morgan fingerprint density at radius 3 is 2.65 bits per heavy atom. The minimum Gasteiger partial charge on any atom is -0.375 e. The molecule has 0 aromatic heterocycles. The fourth-order valence-electron chi connectivity index (χ4n) is 2.93. The van der Waals surface area contributed by atoms with Crippen molar-refractivity contribution < 1.29 is 14.3 Å². The van der Waals surface area contributed by atoms with Gasteiger partial charge in [-0.15, -0.1) is 0 Å². The number of methoxy groups -OCH3 is 1. The van der Waals surface area contributed by atoms with E-state index in [4.69, 9.17) is 4.74 Å². The summed E-state index contributed by atoms with van der Waals surface area (Å²) in [5.41, 5.74) is 0. The molecule has 6 nitrogen and oxygen atoms in total. The van der Waals surface area contributed by atoms with Gasteiger partial charge >= 0.3 is 0 Å². The lowest BCUT2D eigenvalue weighted by molar-refractivity contribution is -0.136. The maximum absolute atomic E-state index is 11.9. The average molecular weight is 283 g/mol. The Morgan fingerprint density at radius 1 is 1.30 bits per heavy atom. The van der Waals surface area contributed by atoms with Crippen LogP contribution in [0.4, 0.5) is 0 Å². The molecule has 2 heterocycles. The van der Waals surface area contributed by atoms with Gasteiger partial charge in [0.05, 0.1) is 0 Å². The molecule has 0 bridgehead atoms. The van der Waals surface area contributed by atoms with Crippen molar-refractivity contribution in [2.75, 3.05) is 33.4 Å². The largest absolute Gasteiger partial charge is 0.375 e. The lowest BCUT2D eigenvalue weighted by Gasteiger charge is -2.32. The van der Waals surface area contributed by atoms with Crippen LogP contribution in [0.3, 0.4) is 0 Å². The van der Waals surface area contributed by atoms with Gasteiger partial charge in [-0.2, -0.15) is 0 Å². The summed E-state index contributed by atoms with van der Waals surface area (Å²) in [7, 11) is 1.53. The fraction of sp³-hybridized carbons (Fsp3) is 0.857. The van der Waals surface area contributed by atoms with Crippen LogP contribution in [0.2, 0.25) is 0 Å². The van der Waals surface area contributed by atoms with Crippen molar-refractivity contribution in [2.45, 2.75) is 44.2 Å². The number of ether oxygens (including phenoxy) is 1. The molecule has 0 aliphatic carbocycles. The van der Waals surface area contributed by atoms with Gasteiger partial charge in [0.15, 0.2) is 0 Å². The standard InChI is InChI=1S/C14H25N3O3/c1-20-10-14(19)17-7-4-11(5-8-17)16-13(18)9-12-3-2-6-15-12/h11-12,15H,2-10H2,1H3,(H,16,18). The molecular formula is C14H25N3O3. The Morgan fingerprint density at radius 2 is 2.05 bits per heavy atom. The molecule has 2 amide bonds. The monoisotopic (exact) mass is 283 g/mol. The minimum atomic E-state index is 0.0347. The zero-order valence-electron chi connectivity index (χ0n) is 12.2. The SMILES string of the molecule is COCC(=O)N1CCC(NC(=O)CC2CCCN2)CC1. The van der Waals surface area contributed by atoms with Crippen molar-refractivity contribution in [1.29, 1.82) is 0 Å². The van der Waals surface area contributed by atoms with Gasteiger partial charge in [-0.25, -0.2) is 0 Å². The van der Waals surface area contributed by atoms with Gasteiger partial charge in [-0.05, 0) is 32.2 Å². The first-order valence-electron chi connectivity index (χ1n) is 7.48. The first-order chi connectivity index (χ1) is 9.69. The van der Waals surface area contributed by atoms with E-state index in [2.05, 4.69) is 10.6 Å². The van der Waals surface area contributed by atoms with Crippen LogP contribution in [-0.4, -0.2) is 62.1 Å². The summed E-state index contributed by atoms with van der Waals surface area (Å²) in [6, 6.07) is 0.550. The van der Waals surface area contributed by atoms with E-state index < -0.39 is 0 Å². The highest BCUT2D eigenvalue weighted by molar-refractivity contribution is 5.78. The molecule has 2 aliphatic heterocycles. The van der Waals surface area contributed by atoms with Crippen LogP contribution in [0.1, 0.15) is 32.1 Å². The Kier molecular flexibility index (Phi) is 5.79. The highest BCUT2D eigenvalue weighted by atomic mass is 16.5. The summed E-state index contributed by atoms with van der Waals surface area (Å²) in [5.74, 6) is 0.165. The minimum absolute atomic E-state index is 0.0347. The van der Waals surface area contributed by atoms with E-state index >= 15 is 0 Å². The second kappa shape index (κ2) is 7.59. The third-order valence-corrected chi connectivity index (χ3v) is 4.07. The van der Waals surface area contributed by atoms with Gasteiger partial charge in [-0.3, -0.25) is 9.59 Å². The van der Waals surface area contributed by atoms with Gasteiger partial charge in [0.1, 0.15) is 6.61 Å². The molecule has 0 radical (unpaired) electrons. The fourth-order valence-corrected chi connectivity index (χ4v) is 2.93. The van der Waals surface area contributed by atoms with Crippen LogP contribution >= 0.6 is 0 Å². The van der Waals surface area contributed by atoms with Crippen molar-refractivity contribution in [1.82, 2.24) is 15.5 Å². The van der Waals surface area contributed by atoms with E-state index in [-0.39, 0.29) is 24.5 Å². The first-order valence-corrected chi connectivity index (χ1v) is 7.48. The number of rotatable bonds is 5. The Hall–Kier alpha value is -1.14. The molecular weight excluding hydrogens is 258 g/mol. The van der Waals surface area contributed by atoms with Gasteiger partial charge < -0.3 is 20.3 Å². The number of hydrogen-bond acceptors (Lipinski definition) is 4. The van der Waals surface area contributed by atoms with Crippen LogP contribution in [0.25, 0.3) is 0 Å². The lowest BCUT2D eigenvalue weighted by atomic mass is 10.0. The third-order valence-electron chi connectivity index (χ3n) is 4.07. The van der Waals surface area contributed by atoms with Gasteiger partial charge in [0.25, 0.3) is 0 Å². The third kappa shape index (κ3) is 4.45. The molecule has 0 aromatic rings. The van der Waals surface area contributed by atoms with E-state index in [9.17, 15) is 9.59 Å². The molecule has 1 atom stereocenters. The van der Waals surface area contributed by atoms with Crippen molar-refractivity contribution >= 4 is 11.8 Å². The first kappa shape index (κ1) is 15.3. The van der Waals surface area contributed by atoms with E-state index in [1.165, 1.54) is 7.11 Å². The number of amides is 2. The average Bonchev–Trinajstić information content (AvgIpc) is 2.92. The quantitative estimate of drug-likeness (QED) is 0.738. The summed E-state index contributed by atoms with van der Waals surface area (Å²) < 4.78 is 4.85. The molecule has 6 heteroatoms. The number of hydrogen-bond donors (Lipinski definition) is 2. The van der Waals surface area contributed by atoms with Gasteiger partial charge in [0.2, 0.25) is 11.8 Å². The predicted octanol–water partition coefficient (Wildman–Crippen LogP) is -0.118. The molecule has 114 valence electrons. The van der Waals surface area contributed by atoms with Crippen molar-refractivity contribution in [2.24, 2.45) is 0 Å². The van der Waals surface area contributed by atoms with Crippen molar-refractivity contribution in [3.63, 3.8) is 0 Å². The van der Waals surface area contributed by atoms with E-state index in [0.29, 0.717) is 25.6 Å². The molecule has 20 heavy (non-hydrogen) atoms. The molecule has 2 rings (SSSR count). The molecule has 0 aromatic carbocycles. The number of nitrogens with one attached hydrogen (secondary N) is 2. The van der Waals surface area contributed by atoms with E-state index in [1.54, 1.807) is 0 Å². The Labute approximate surface area is 120 Å². The molecule has 0 saturated carbocycles. The molecule has 2 N–H and O–H groups in total. The summed E-state index contributed by atoms with van der Waals surface area (Å²) in [4.78, 5) is 25.4. The predicted molar refractivity (Wildman–Crippen MR) is 75.3 cm³/mol. The zero-order valence-corrected chi connectivity index (χ0v) is 12.2. The number of carbonyl (C=O) groups is 2. The van der Waals surface area contributed by atoms with Crippen LogP contribution in [-0.2, 0) is 14.3 Å². The van der Waals surface area contributed by atoms with E-state index in [1.807, 2.05) is 4.90 Å². The highest BCUT2D eigenvalue weighted by Crippen LogP contribution is 2.12. The summed E-state index contributed by atoms with van der Waals surface area (Å²) in [6.07, 6.45) is 4.50.